The van der Waals surface area contributed by atoms with E-state index in [1.807, 2.05) is 0 Å². The smallest absolute Gasteiger partial charge is 0.0431 e. The van der Waals surface area contributed by atoms with Crippen molar-refractivity contribution in [2.75, 3.05) is 13.2 Å². The van der Waals surface area contributed by atoms with Crippen molar-refractivity contribution in [2.24, 2.45) is 0 Å². The predicted molar refractivity (Wildman–Crippen MR) is 74.1 cm³/mol. The van der Waals surface area contributed by atoms with Gasteiger partial charge in [-0.25, -0.2) is 0 Å². The van der Waals surface area contributed by atoms with Crippen LogP contribution < -0.4 is 5.32 Å². The lowest BCUT2D eigenvalue weighted by atomic mass is 10.1. The lowest BCUT2D eigenvalue weighted by Gasteiger charge is -2.14. The fourth-order valence-corrected chi connectivity index (χ4v) is 3.09. The molecule has 17 heavy (non-hydrogen) atoms. The van der Waals surface area contributed by atoms with Crippen LogP contribution in [-0.4, -0.2) is 18.3 Å². The standard InChI is InChI=1S/C14H20BrNO/c15-13-6-4-5-12-11(13)7-8-14(12)16-9-2-1-3-10-17/h4-6,14,16-17H,1-3,7-10H2. The van der Waals surface area contributed by atoms with E-state index < -0.39 is 0 Å². The number of nitrogens with one attached hydrogen (secondary N) is 1. The summed E-state index contributed by atoms with van der Waals surface area (Å²) in [4.78, 5) is 0. The van der Waals surface area contributed by atoms with Crippen LogP contribution in [0.25, 0.3) is 0 Å². The fraction of sp³-hybridized carbons (Fsp3) is 0.571. The van der Waals surface area contributed by atoms with E-state index in [0.29, 0.717) is 12.6 Å². The molecule has 0 saturated carbocycles. The Morgan fingerprint density at radius 2 is 2.18 bits per heavy atom. The molecule has 1 aromatic rings. The van der Waals surface area contributed by atoms with Crippen molar-refractivity contribution in [3.63, 3.8) is 0 Å². The second kappa shape index (κ2) is 6.53. The molecule has 0 fully saturated rings. The first-order valence-corrected chi connectivity index (χ1v) is 7.23. The van der Waals surface area contributed by atoms with E-state index in [4.69, 9.17) is 5.11 Å². The third-order valence-electron chi connectivity index (χ3n) is 3.44. The minimum absolute atomic E-state index is 0.319. The van der Waals surface area contributed by atoms with Gasteiger partial charge in [0.2, 0.25) is 0 Å². The number of unbranched alkanes of at least 4 members (excludes halogenated alkanes) is 2. The van der Waals surface area contributed by atoms with Gasteiger partial charge in [-0.05, 0) is 55.8 Å². The number of aliphatic hydroxyl groups is 1. The third kappa shape index (κ3) is 3.30. The Bertz CT molecular complexity index is 367. The van der Waals surface area contributed by atoms with Gasteiger partial charge in [-0.1, -0.05) is 28.1 Å². The molecule has 0 bridgehead atoms. The molecule has 1 aliphatic carbocycles. The molecule has 94 valence electrons. The highest BCUT2D eigenvalue weighted by Gasteiger charge is 2.22. The molecule has 0 aliphatic heterocycles. The zero-order chi connectivity index (χ0) is 12.1. The summed E-state index contributed by atoms with van der Waals surface area (Å²) in [6.07, 6.45) is 5.57. The first kappa shape index (κ1) is 13.1. The van der Waals surface area contributed by atoms with Crippen LogP contribution in [0.3, 0.4) is 0 Å². The molecule has 0 spiro atoms. The molecular formula is C14H20BrNO. The zero-order valence-corrected chi connectivity index (χ0v) is 11.7. The van der Waals surface area contributed by atoms with Crippen LogP contribution in [0.2, 0.25) is 0 Å². The summed E-state index contributed by atoms with van der Waals surface area (Å²) in [5.41, 5.74) is 2.93. The summed E-state index contributed by atoms with van der Waals surface area (Å²) in [6.45, 7) is 1.37. The van der Waals surface area contributed by atoms with Crippen molar-refractivity contribution < 1.29 is 5.11 Å². The van der Waals surface area contributed by atoms with Crippen LogP contribution in [0.15, 0.2) is 22.7 Å². The normalized spacial score (nSPS) is 18.4. The molecule has 0 amide bonds. The SMILES string of the molecule is OCCCCCNC1CCc2c(Br)cccc21. The summed E-state index contributed by atoms with van der Waals surface area (Å²) in [5.74, 6) is 0. The molecule has 0 aromatic heterocycles. The van der Waals surface area contributed by atoms with E-state index in [1.165, 1.54) is 28.4 Å². The van der Waals surface area contributed by atoms with Gasteiger partial charge in [0, 0.05) is 17.1 Å². The Morgan fingerprint density at radius 1 is 1.29 bits per heavy atom. The number of aliphatic hydroxyl groups excluding tert-OH is 1. The first-order chi connectivity index (χ1) is 8.33. The van der Waals surface area contributed by atoms with Gasteiger partial charge in [-0.15, -0.1) is 0 Å². The lowest BCUT2D eigenvalue weighted by Crippen LogP contribution is -2.20. The van der Waals surface area contributed by atoms with Crippen molar-refractivity contribution in [3.8, 4) is 0 Å². The van der Waals surface area contributed by atoms with Crippen LogP contribution in [-0.2, 0) is 6.42 Å². The molecule has 1 aliphatic rings. The van der Waals surface area contributed by atoms with E-state index in [1.54, 1.807) is 0 Å². The maximum atomic E-state index is 8.71. The summed E-state index contributed by atoms with van der Waals surface area (Å²) in [7, 11) is 0. The van der Waals surface area contributed by atoms with Crippen LogP contribution in [0.1, 0.15) is 42.9 Å². The Kier molecular flexibility index (Phi) is 5.01. The van der Waals surface area contributed by atoms with Crippen LogP contribution in [0.5, 0.6) is 0 Å². The monoisotopic (exact) mass is 297 g/mol. The van der Waals surface area contributed by atoms with Gasteiger partial charge in [-0.3, -0.25) is 0 Å². The third-order valence-corrected chi connectivity index (χ3v) is 4.18. The fourth-order valence-electron chi connectivity index (χ4n) is 2.51. The second-order valence-electron chi connectivity index (χ2n) is 4.64. The molecule has 1 unspecified atom stereocenters. The maximum Gasteiger partial charge on any atom is 0.0431 e. The molecule has 1 atom stereocenters. The van der Waals surface area contributed by atoms with E-state index >= 15 is 0 Å². The van der Waals surface area contributed by atoms with Gasteiger partial charge in [0.15, 0.2) is 0 Å². The highest BCUT2D eigenvalue weighted by Crippen LogP contribution is 2.35. The average molecular weight is 298 g/mol. The van der Waals surface area contributed by atoms with Gasteiger partial charge in [-0.2, -0.15) is 0 Å². The van der Waals surface area contributed by atoms with Crippen molar-refractivity contribution in [3.05, 3.63) is 33.8 Å². The van der Waals surface area contributed by atoms with Crippen LogP contribution in [0.4, 0.5) is 0 Å². The van der Waals surface area contributed by atoms with Crippen molar-refractivity contribution in [1.82, 2.24) is 5.32 Å². The van der Waals surface area contributed by atoms with Gasteiger partial charge < -0.3 is 10.4 Å². The molecule has 2 N–H and O–H groups in total. The Balaban J connectivity index is 1.83. The largest absolute Gasteiger partial charge is 0.396 e. The zero-order valence-electron chi connectivity index (χ0n) is 10.1. The number of hydrogen-bond donors (Lipinski definition) is 2. The molecular weight excluding hydrogens is 278 g/mol. The number of halogens is 1. The number of hydrogen-bond acceptors (Lipinski definition) is 2. The summed E-state index contributed by atoms with van der Waals surface area (Å²) in [6, 6.07) is 7.01. The highest BCUT2D eigenvalue weighted by molar-refractivity contribution is 9.10. The quantitative estimate of drug-likeness (QED) is 0.791. The topological polar surface area (TPSA) is 32.3 Å². The summed E-state index contributed by atoms with van der Waals surface area (Å²) < 4.78 is 1.25. The first-order valence-electron chi connectivity index (χ1n) is 6.44. The Labute approximate surface area is 112 Å². The maximum absolute atomic E-state index is 8.71. The molecule has 2 rings (SSSR count). The van der Waals surface area contributed by atoms with Gasteiger partial charge >= 0.3 is 0 Å². The van der Waals surface area contributed by atoms with Crippen molar-refractivity contribution in [2.45, 2.75) is 38.1 Å². The van der Waals surface area contributed by atoms with E-state index in [2.05, 4.69) is 39.4 Å². The van der Waals surface area contributed by atoms with Crippen molar-refractivity contribution in [1.29, 1.82) is 0 Å². The summed E-state index contributed by atoms with van der Waals surface area (Å²) in [5, 5.41) is 12.3. The Hall–Kier alpha value is -0.380. The number of fused-ring (bicyclic) bond motifs is 1. The molecule has 0 saturated heterocycles. The van der Waals surface area contributed by atoms with Crippen LogP contribution in [0, 0.1) is 0 Å². The predicted octanol–water partition coefficient (Wildman–Crippen LogP) is 3.19. The lowest BCUT2D eigenvalue weighted by molar-refractivity contribution is 0.282. The Morgan fingerprint density at radius 3 is 3.00 bits per heavy atom. The summed E-state index contributed by atoms with van der Waals surface area (Å²) >= 11 is 3.62. The highest BCUT2D eigenvalue weighted by atomic mass is 79.9. The van der Waals surface area contributed by atoms with Gasteiger partial charge in [0.1, 0.15) is 0 Å². The molecule has 3 heteroatoms. The van der Waals surface area contributed by atoms with E-state index in [9.17, 15) is 0 Å². The number of rotatable bonds is 6. The number of benzene rings is 1. The van der Waals surface area contributed by atoms with Gasteiger partial charge in [0.05, 0.1) is 0 Å². The molecule has 2 nitrogen and oxygen atoms in total. The average Bonchev–Trinajstić information content (AvgIpc) is 2.74. The minimum Gasteiger partial charge on any atom is -0.396 e. The van der Waals surface area contributed by atoms with Gasteiger partial charge in [0.25, 0.3) is 0 Å². The molecule has 1 aromatic carbocycles. The van der Waals surface area contributed by atoms with E-state index in [0.717, 1.165) is 25.8 Å². The molecule has 0 heterocycles. The van der Waals surface area contributed by atoms with Crippen LogP contribution >= 0.6 is 15.9 Å². The molecule has 0 radical (unpaired) electrons. The minimum atomic E-state index is 0.319. The van der Waals surface area contributed by atoms with E-state index in [-0.39, 0.29) is 0 Å². The van der Waals surface area contributed by atoms with Crippen molar-refractivity contribution >= 4 is 15.9 Å². The second-order valence-corrected chi connectivity index (χ2v) is 5.49.